The molecule has 0 saturated carbocycles. The van der Waals surface area contributed by atoms with Crippen molar-refractivity contribution in [2.45, 2.75) is 18.5 Å². The fraction of sp³-hybridized carbons (Fsp3) is 0.364. The first-order valence-corrected chi connectivity index (χ1v) is 9.94. The van der Waals surface area contributed by atoms with Crippen molar-refractivity contribution in [3.8, 4) is 5.75 Å². The molecule has 4 rings (SSSR count). The third kappa shape index (κ3) is 4.26. The van der Waals surface area contributed by atoms with Crippen LogP contribution in [-0.2, 0) is 4.79 Å². The van der Waals surface area contributed by atoms with Crippen LogP contribution >= 0.6 is 0 Å². The van der Waals surface area contributed by atoms with E-state index in [0.717, 1.165) is 0 Å². The second-order valence-electron chi connectivity index (χ2n) is 7.39. The molecule has 2 unspecified atom stereocenters. The summed E-state index contributed by atoms with van der Waals surface area (Å²) in [5, 5.41) is 0. The Hall–Kier alpha value is -2.90. The topological polar surface area (TPSA) is 73.9 Å². The number of methoxy groups -OCH3 is 1. The van der Waals surface area contributed by atoms with Crippen molar-refractivity contribution >= 4 is 11.8 Å². The first kappa shape index (κ1) is 19.4. The maximum atomic E-state index is 12.9. The van der Waals surface area contributed by atoms with Crippen LogP contribution in [0.4, 0.5) is 0 Å². The second-order valence-corrected chi connectivity index (χ2v) is 7.39. The maximum Gasteiger partial charge on any atom is 0.254 e. The Labute approximate surface area is 170 Å². The van der Waals surface area contributed by atoms with Gasteiger partial charge in [0.25, 0.3) is 5.91 Å². The quantitative estimate of drug-likeness (QED) is 0.824. The van der Waals surface area contributed by atoms with Crippen LogP contribution < -0.4 is 15.6 Å². The molecule has 0 radical (unpaired) electrons. The van der Waals surface area contributed by atoms with E-state index in [2.05, 4.69) is 23.0 Å². The number of rotatable bonds is 4. The maximum absolute atomic E-state index is 12.9. The number of nitrogens with zero attached hydrogens (tertiary/aromatic N) is 2. The van der Waals surface area contributed by atoms with Crippen molar-refractivity contribution < 1.29 is 14.3 Å². The van der Waals surface area contributed by atoms with E-state index in [0.29, 0.717) is 43.9 Å². The molecule has 29 heavy (non-hydrogen) atoms. The number of amides is 2. The average Bonchev–Trinajstić information content (AvgIpc) is 3.29. The number of nitrogens with one attached hydrogen (secondary N) is 2. The molecule has 2 amide bonds. The number of carbonyl (C=O) groups excluding carboxylic acids is 2. The molecule has 2 saturated heterocycles. The minimum Gasteiger partial charge on any atom is -0.497 e. The molecule has 2 aliphatic heterocycles. The van der Waals surface area contributed by atoms with E-state index >= 15 is 0 Å². The summed E-state index contributed by atoms with van der Waals surface area (Å²) in [6.45, 7) is 2.15. The Bertz CT molecular complexity index is 865. The fourth-order valence-electron chi connectivity index (χ4n) is 3.91. The molecule has 7 heteroatoms. The third-order valence-electron chi connectivity index (χ3n) is 5.60. The number of ether oxygens (including phenoxy) is 1. The molecule has 0 aromatic heterocycles. The first-order valence-electron chi connectivity index (χ1n) is 9.94. The van der Waals surface area contributed by atoms with Gasteiger partial charge in [-0.2, -0.15) is 0 Å². The Morgan fingerprint density at radius 2 is 1.66 bits per heavy atom. The molecular weight excluding hydrogens is 368 g/mol. The highest BCUT2D eigenvalue weighted by Gasteiger charge is 2.34. The van der Waals surface area contributed by atoms with Gasteiger partial charge in [-0.15, -0.1) is 0 Å². The monoisotopic (exact) mass is 394 g/mol. The minimum absolute atomic E-state index is 0.0270. The van der Waals surface area contributed by atoms with Crippen molar-refractivity contribution in [2.24, 2.45) is 0 Å². The van der Waals surface area contributed by atoms with Crippen LogP contribution in [0, 0.1) is 0 Å². The van der Waals surface area contributed by atoms with Crippen molar-refractivity contribution in [1.82, 2.24) is 20.7 Å². The summed E-state index contributed by atoms with van der Waals surface area (Å²) in [6.07, 6.45) is 0.714. The van der Waals surface area contributed by atoms with Crippen LogP contribution in [0.3, 0.4) is 0 Å². The van der Waals surface area contributed by atoms with Crippen LogP contribution in [-0.4, -0.2) is 60.9 Å². The molecule has 0 aliphatic carbocycles. The molecule has 0 spiro atoms. The highest BCUT2D eigenvalue weighted by molar-refractivity contribution is 5.94. The minimum atomic E-state index is -0.249. The SMILES string of the molecule is COc1cccc(C(=O)N2CCN(C(=O)C3CC(c4ccccc4)NN3)CC2)c1. The first-order chi connectivity index (χ1) is 14.2. The summed E-state index contributed by atoms with van der Waals surface area (Å²) >= 11 is 0. The highest BCUT2D eigenvalue weighted by atomic mass is 16.5. The number of carbonyl (C=O) groups is 2. The van der Waals surface area contributed by atoms with Gasteiger partial charge in [0.1, 0.15) is 11.8 Å². The standard InChI is InChI=1S/C22H26N4O3/c1-29-18-9-5-8-17(14-18)21(27)25-10-12-26(13-11-25)22(28)20-15-19(23-24-20)16-6-3-2-4-7-16/h2-9,14,19-20,23-24H,10-13,15H2,1H3. The third-order valence-corrected chi connectivity index (χ3v) is 5.60. The van der Waals surface area contributed by atoms with Gasteiger partial charge < -0.3 is 14.5 Å². The van der Waals surface area contributed by atoms with E-state index in [1.54, 1.807) is 24.1 Å². The van der Waals surface area contributed by atoms with Crippen LogP contribution in [0.25, 0.3) is 0 Å². The normalized spacial score (nSPS) is 21.8. The molecule has 152 valence electrons. The molecule has 2 aliphatic rings. The lowest BCUT2D eigenvalue weighted by Gasteiger charge is -2.36. The lowest BCUT2D eigenvalue weighted by molar-refractivity contribution is -0.134. The molecule has 2 aromatic rings. The number of benzene rings is 2. The predicted octanol–water partition coefficient (Wildman–Crippen LogP) is 1.59. The Morgan fingerprint density at radius 1 is 0.931 bits per heavy atom. The molecule has 2 heterocycles. The molecule has 2 fully saturated rings. The van der Waals surface area contributed by atoms with Crippen molar-refractivity contribution in [3.05, 3.63) is 65.7 Å². The van der Waals surface area contributed by atoms with Gasteiger partial charge in [0, 0.05) is 37.8 Å². The van der Waals surface area contributed by atoms with Crippen molar-refractivity contribution in [2.75, 3.05) is 33.3 Å². The number of hydrogen-bond acceptors (Lipinski definition) is 5. The van der Waals surface area contributed by atoms with Gasteiger partial charge in [-0.1, -0.05) is 36.4 Å². The molecule has 0 bridgehead atoms. The van der Waals surface area contributed by atoms with Gasteiger partial charge >= 0.3 is 0 Å². The smallest absolute Gasteiger partial charge is 0.254 e. The Kier molecular flexibility index (Phi) is 5.78. The van der Waals surface area contributed by atoms with E-state index in [-0.39, 0.29) is 23.9 Å². The zero-order valence-electron chi connectivity index (χ0n) is 16.5. The molecular formula is C22H26N4O3. The van der Waals surface area contributed by atoms with E-state index in [9.17, 15) is 9.59 Å². The number of hydrogen-bond donors (Lipinski definition) is 2. The second kappa shape index (κ2) is 8.63. The van der Waals surface area contributed by atoms with E-state index in [1.807, 2.05) is 35.2 Å². The summed E-state index contributed by atoms with van der Waals surface area (Å²) in [6, 6.07) is 17.2. The predicted molar refractivity (Wildman–Crippen MR) is 109 cm³/mol. The van der Waals surface area contributed by atoms with Gasteiger partial charge in [0.05, 0.1) is 7.11 Å². The van der Waals surface area contributed by atoms with Crippen molar-refractivity contribution in [3.63, 3.8) is 0 Å². The van der Waals surface area contributed by atoms with Gasteiger partial charge in [-0.25, -0.2) is 10.9 Å². The van der Waals surface area contributed by atoms with Gasteiger partial charge in [0.15, 0.2) is 0 Å². The van der Waals surface area contributed by atoms with Gasteiger partial charge in [0.2, 0.25) is 5.91 Å². The molecule has 2 atom stereocenters. The summed E-state index contributed by atoms with van der Waals surface area (Å²) < 4.78 is 5.20. The Morgan fingerprint density at radius 3 is 2.38 bits per heavy atom. The Balaban J connectivity index is 1.31. The summed E-state index contributed by atoms with van der Waals surface area (Å²) in [4.78, 5) is 29.3. The lowest BCUT2D eigenvalue weighted by Crippen LogP contribution is -2.54. The molecule has 2 aromatic carbocycles. The summed E-state index contributed by atoms with van der Waals surface area (Å²) in [7, 11) is 1.59. The van der Waals surface area contributed by atoms with Crippen LogP contribution in [0.15, 0.2) is 54.6 Å². The zero-order chi connectivity index (χ0) is 20.2. The lowest BCUT2D eigenvalue weighted by atomic mass is 10.0. The average molecular weight is 394 g/mol. The van der Waals surface area contributed by atoms with Crippen LogP contribution in [0.5, 0.6) is 5.75 Å². The molecule has 2 N–H and O–H groups in total. The van der Waals surface area contributed by atoms with Gasteiger partial charge in [-0.3, -0.25) is 9.59 Å². The van der Waals surface area contributed by atoms with E-state index in [4.69, 9.17) is 4.74 Å². The largest absolute Gasteiger partial charge is 0.497 e. The zero-order valence-corrected chi connectivity index (χ0v) is 16.5. The van der Waals surface area contributed by atoms with Crippen LogP contribution in [0.2, 0.25) is 0 Å². The highest BCUT2D eigenvalue weighted by Crippen LogP contribution is 2.23. The van der Waals surface area contributed by atoms with E-state index in [1.165, 1.54) is 5.56 Å². The van der Waals surface area contributed by atoms with Crippen LogP contribution in [0.1, 0.15) is 28.4 Å². The van der Waals surface area contributed by atoms with Gasteiger partial charge in [-0.05, 0) is 30.2 Å². The fourth-order valence-corrected chi connectivity index (χ4v) is 3.91. The number of piperazine rings is 1. The number of hydrazine groups is 1. The summed E-state index contributed by atoms with van der Waals surface area (Å²) in [5.41, 5.74) is 8.15. The molecule has 7 nitrogen and oxygen atoms in total. The van der Waals surface area contributed by atoms with Crippen molar-refractivity contribution in [1.29, 1.82) is 0 Å². The van der Waals surface area contributed by atoms with E-state index < -0.39 is 0 Å². The summed E-state index contributed by atoms with van der Waals surface area (Å²) in [5.74, 6) is 0.725.